The summed E-state index contributed by atoms with van der Waals surface area (Å²) in [5.74, 6) is 1.01. The van der Waals surface area contributed by atoms with E-state index < -0.39 is 0 Å². The molecular weight excluding hydrogens is 372 g/mol. The van der Waals surface area contributed by atoms with E-state index in [1.165, 1.54) is 6.20 Å². The van der Waals surface area contributed by atoms with Crippen LogP contribution >= 0.6 is 27.5 Å². The average Bonchev–Trinajstić information content (AvgIpc) is 2.54. The Balaban J connectivity index is 2.12. The van der Waals surface area contributed by atoms with E-state index in [4.69, 9.17) is 21.1 Å². The fourth-order valence-electron chi connectivity index (χ4n) is 1.83. The molecule has 0 atom stereocenters. The smallest absolute Gasteiger partial charge is 0.254 e. The van der Waals surface area contributed by atoms with Crippen LogP contribution in [0.15, 0.2) is 34.9 Å². The van der Waals surface area contributed by atoms with E-state index in [0.717, 1.165) is 5.56 Å². The fraction of sp³-hybridized carbons (Fsp3) is 0.200. The Hall–Kier alpha value is -1.79. The lowest BCUT2D eigenvalue weighted by molar-refractivity contribution is 0.0950. The SMILES string of the molecule is COc1cc(CNC(=O)c2cc(Br)cnc2Cl)cc(OC)c1. The molecule has 0 saturated carbocycles. The van der Waals surface area contributed by atoms with Gasteiger partial charge in [0.25, 0.3) is 5.91 Å². The second kappa shape index (κ2) is 7.47. The Kier molecular flexibility index (Phi) is 5.63. The molecule has 0 spiro atoms. The van der Waals surface area contributed by atoms with Gasteiger partial charge in [0.1, 0.15) is 16.7 Å². The van der Waals surface area contributed by atoms with E-state index in [0.29, 0.717) is 28.1 Å². The summed E-state index contributed by atoms with van der Waals surface area (Å²) in [5.41, 5.74) is 1.16. The fourth-order valence-corrected chi connectivity index (χ4v) is 2.35. The van der Waals surface area contributed by atoms with Crippen molar-refractivity contribution < 1.29 is 14.3 Å². The first-order valence-electron chi connectivity index (χ1n) is 6.34. The number of carbonyl (C=O) groups is 1. The van der Waals surface area contributed by atoms with Crippen molar-refractivity contribution in [2.24, 2.45) is 0 Å². The lowest BCUT2D eigenvalue weighted by Gasteiger charge is -2.10. The van der Waals surface area contributed by atoms with Gasteiger partial charge in [-0.3, -0.25) is 4.79 Å². The van der Waals surface area contributed by atoms with Crippen LogP contribution in [-0.4, -0.2) is 25.1 Å². The van der Waals surface area contributed by atoms with E-state index in [9.17, 15) is 4.79 Å². The van der Waals surface area contributed by atoms with Crippen LogP contribution in [0.5, 0.6) is 11.5 Å². The summed E-state index contributed by atoms with van der Waals surface area (Å²) in [6.45, 7) is 0.315. The van der Waals surface area contributed by atoms with Crippen LogP contribution < -0.4 is 14.8 Å². The van der Waals surface area contributed by atoms with Crippen LogP contribution in [0.3, 0.4) is 0 Å². The molecule has 1 N–H and O–H groups in total. The third-order valence-electron chi connectivity index (χ3n) is 2.91. The molecule has 0 fully saturated rings. The largest absolute Gasteiger partial charge is 0.497 e. The van der Waals surface area contributed by atoms with Crippen LogP contribution in [0.2, 0.25) is 5.15 Å². The molecule has 0 saturated heterocycles. The molecule has 1 amide bonds. The van der Waals surface area contributed by atoms with Crippen molar-refractivity contribution in [2.45, 2.75) is 6.54 Å². The summed E-state index contributed by atoms with van der Waals surface area (Å²) in [6.07, 6.45) is 1.53. The average molecular weight is 386 g/mol. The van der Waals surface area contributed by atoms with Crippen molar-refractivity contribution in [1.29, 1.82) is 0 Å². The normalized spacial score (nSPS) is 10.2. The number of pyridine rings is 1. The van der Waals surface area contributed by atoms with Crippen molar-refractivity contribution in [3.8, 4) is 11.5 Å². The molecular formula is C15H14BrClN2O3. The van der Waals surface area contributed by atoms with E-state index >= 15 is 0 Å². The third-order valence-corrected chi connectivity index (χ3v) is 3.65. The Morgan fingerprint density at radius 1 is 1.23 bits per heavy atom. The van der Waals surface area contributed by atoms with E-state index in [2.05, 4.69) is 26.2 Å². The predicted octanol–water partition coefficient (Wildman–Crippen LogP) is 3.44. The minimum atomic E-state index is -0.305. The van der Waals surface area contributed by atoms with Crippen molar-refractivity contribution in [3.05, 3.63) is 51.2 Å². The lowest BCUT2D eigenvalue weighted by atomic mass is 10.2. The first-order chi connectivity index (χ1) is 10.5. The van der Waals surface area contributed by atoms with Crippen LogP contribution in [0.4, 0.5) is 0 Å². The van der Waals surface area contributed by atoms with Gasteiger partial charge >= 0.3 is 0 Å². The molecule has 0 radical (unpaired) electrons. The molecule has 7 heteroatoms. The predicted molar refractivity (Wildman–Crippen MR) is 87.7 cm³/mol. The van der Waals surface area contributed by atoms with E-state index in [-0.39, 0.29) is 11.1 Å². The molecule has 116 valence electrons. The Labute approximate surface area is 141 Å². The Morgan fingerprint density at radius 3 is 2.45 bits per heavy atom. The van der Waals surface area contributed by atoms with Gasteiger partial charge in [-0.1, -0.05) is 11.6 Å². The molecule has 0 aliphatic rings. The van der Waals surface area contributed by atoms with Crippen LogP contribution in [0.1, 0.15) is 15.9 Å². The van der Waals surface area contributed by atoms with Gasteiger partial charge in [-0.25, -0.2) is 4.98 Å². The summed E-state index contributed by atoms with van der Waals surface area (Å²) in [5, 5.41) is 2.95. The number of hydrogen-bond donors (Lipinski definition) is 1. The number of ether oxygens (including phenoxy) is 2. The molecule has 1 aromatic heterocycles. The second-order valence-electron chi connectivity index (χ2n) is 4.40. The maximum Gasteiger partial charge on any atom is 0.254 e. The standard InChI is InChI=1S/C15H14BrClN2O3/c1-21-11-3-9(4-12(6-11)22-2)7-19-15(20)13-5-10(16)8-18-14(13)17/h3-6,8H,7H2,1-2H3,(H,19,20). The number of amides is 1. The van der Waals surface area contributed by atoms with E-state index in [1.54, 1.807) is 26.4 Å². The first-order valence-corrected chi connectivity index (χ1v) is 7.51. The quantitative estimate of drug-likeness (QED) is 0.801. The van der Waals surface area contributed by atoms with Gasteiger partial charge in [-0.05, 0) is 39.7 Å². The minimum absolute atomic E-state index is 0.156. The molecule has 5 nitrogen and oxygen atoms in total. The molecule has 0 unspecified atom stereocenters. The number of methoxy groups -OCH3 is 2. The zero-order valence-electron chi connectivity index (χ0n) is 12.0. The highest BCUT2D eigenvalue weighted by Crippen LogP contribution is 2.23. The highest BCUT2D eigenvalue weighted by atomic mass is 79.9. The number of nitrogens with zero attached hydrogens (tertiary/aromatic N) is 1. The molecule has 0 aliphatic carbocycles. The van der Waals surface area contributed by atoms with Crippen molar-refractivity contribution >= 4 is 33.4 Å². The number of rotatable bonds is 5. The molecule has 0 aliphatic heterocycles. The zero-order valence-corrected chi connectivity index (χ0v) is 14.4. The summed E-state index contributed by atoms with van der Waals surface area (Å²) in [6, 6.07) is 7.03. The number of hydrogen-bond acceptors (Lipinski definition) is 4. The summed E-state index contributed by atoms with van der Waals surface area (Å²) < 4.78 is 11.1. The van der Waals surface area contributed by atoms with Gasteiger partial charge in [0.15, 0.2) is 0 Å². The number of carbonyl (C=O) groups excluding carboxylic acids is 1. The van der Waals surface area contributed by atoms with Gasteiger partial charge in [-0.15, -0.1) is 0 Å². The van der Waals surface area contributed by atoms with Crippen molar-refractivity contribution in [1.82, 2.24) is 10.3 Å². The highest BCUT2D eigenvalue weighted by molar-refractivity contribution is 9.10. The van der Waals surface area contributed by atoms with Crippen molar-refractivity contribution in [3.63, 3.8) is 0 Å². The van der Waals surface area contributed by atoms with E-state index in [1.807, 2.05) is 12.1 Å². The Bertz CT molecular complexity index is 672. The summed E-state index contributed by atoms with van der Waals surface area (Å²) >= 11 is 9.20. The maximum atomic E-state index is 12.2. The summed E-state index contributed by atoms with van der Waals surface area (Å²) in [7, 11) is 3.15. The third kappa shape index (κ3) is 4.11. The molecule has 2 rings (SSSR count). The molecule has 1 heterocycles. The number of benzene rings is 1. The number of aromatic nitrogens is 1. The molecule has 0 bridgehead atoms. The minimum Gasteiger partial charge on any atom is -0.497 e. The van der Waals surface area contributed by atoms with Gasteiger partial charge in [0, 0.05) is 23.3 Å². The first kappa shape index (κ1) is 16.6. The number of nitrogens with one attached hydrogen (secondary N) is 1. The molecule has 2 aromatic rings. The molecule has 22 heavy (non-hydrogen) atoms. The van der Waals surface area contributed by atoms with Gasteiger partial charge in [0.05, 0.1) is 19.8 Å². The van der Waals surface area contributed by atoms with Gasteiger partial charge in [0.2, 0.25) is 0 Å². The number of halogens is 2. The summed E-state index contributed by atoms with van der Waals surface area (Å²) in [4.78, 5) is 16.1. The van der Waals surface area contributed by atoms with Crippen molar-refractivity contribution in [2.75, 3.05) is 14.2 Å². The van der Waals surface area contributed by atoms with Crippen LogP contribution in [0, 0.1) is 0 Å². The van der Waals surface area contributed by atoms with Crippen LogP contribution in [-0.2, 0) is 6.54 Å². The maximum absolute atomic E-state index is 12.2. The lowest BCUT2D eigenvalue weighted by Crippen LogP contribution is -2.23. The highest BCUT2D eigenvalue weighted by Gasteiger charge is 2.12. The Morgan fingerprint density at radius 2 is 1.86 bits per heavy atom. The van der Waals surface area contributed by atoms with Crippen LogP contribution in [0.25, 0.3) is 0 Å². The zero-order chi connectivity index (χ0) is 16.1. The van der Waals surface area contributed by atoms with Gasteiger partial charge < -0.3 is 14.8 Å². The van der Waals surface area contributed by atoms with Gasteiger partial charge in [-0.2, -0.15) is 0 Å². The molecule has 1 aromatic carbocycles. The second-order valence-corrected chi connectivity index (χ2v) is 5.67. The topological polar surface area (TPSA) is 60.5 Å². The monoisotopic (exact) mass is 384 g/mol.